The van der Waals surface area contributed by atoms with E-state index in [9.17, 15) is 10.1 Å². The molecule has 0 unspecified atom stereocenters. The smallest absolute Gasteiger partial charge is 1.00 e. The van der Waals surface area contributed by atoms with Crippen LogP contribution >= 0.6 is 11.3 Å². The van der Waals surface area contributed by atoms with Gasteiger partial charge >= 0.3 is 56.5 Å². The zero-order chi connectivity index (χ0) is 8.55. The van der Waals surface area contributed by atoms with E-state index in [1.165, 1.54) is 0 Å². The Balaban J connectivity index is 0.000000845. The van der Waals surface area contributed by atoms with Crippen LogP contribution in [-0.2, 0) is 0 Å². The number of nitrogens with zero attached hydrogens (tertiary/aromatic N) is 2. The van der Waals surface area contributed by atoms with Crippen LogP contribution in [0.25, 0.3) is 10.2 Å². The Labute approximate surface area is 122 Å². The fraction of sp³-hybridized carbons (Fsp3) is 0. The van der Waals surface area contributed by atoms with Crippen molar-refractivity contribution in [3.8, 4) is 0 Å². The van der Waals surface area contributed by atoms with Gasteiger partial charge in [0.05, 0.1) is 4.70 Å². The van der Waals surface area contributed by atoms with Crippen molar-refractivity contribution in [1.82, 2.24) is 4.98 Å². The molecule has 13 heavy (non-hydrogen) atoms. The summed E-state index contributed by atoms with van der Waals surface area (Å²) in [5.74, 6) is 0. The first-order valence-corrected chi connectivity index (χ1v) is 4.09. The summed E-state index contributed by atoms with van der Waals surface area (Å²) in [4.78, 5) is 13.7. The quantitative estimate of drug-likeness (QED) is 0.363. The number of nitro groups is 1. The molecule has 2 aromatic rings. The predicted molar refractivity (Wildman–Crippen MR) is 47.4 cm³/mol. The van der Waals surface area contributed by atoms with Crippen molar-refractivity contribution < 1.29 is 57.7 Å². The summed E-state index contributed by atoms with van der Waals surface area (Å²) in [6.45, 7) is 0. The van der Waals surface area contributed by atoms with Crippen LogP contribution in [0.15, 0.2) is 24.3 Å². The fourth-order valence-corrected chi connectivity index (χ4v) is 1.72. The number of thiazole rings is 1. The second-order valence-corrected chi connectivity index (χ2v) is 3.23. The molecule has 0 saturated carbocycles. The largest absolute Gasteiger partial charge is 1.00 e. The van der Waals surface area contributed by atoms with Gasteiger partial charge in [-0.15, -0.1) is 0 Å². The SMILES string of the molecule is O=[N+]([O-])c1nc2ccccc2s1.[H-].[K+]. The van der Waals surface area contributed by atoms with Gasteiger partial charge in [0, 0.05) is 0 Å². The number of aromatic nitrogens is 1. The van der Waals surface area contributed by atoms with E-state index >= 15 is 0 Å². The minimum Gasteiger partial charge on any atom is -1.00 e. The number of para-hydroxylation sites is 1. The summed E-state index contributed by atoms with van der Waals surface area (Å²) in [6, 6.07) is 7.23. The van der Waals surface area contributed by atoms with Crippen molar-refractivity contribution in [2.75, 3.05) is 0 Å². The second kappa shape index (κ2) is 4.58. The third-order valence-electron chi connectivity index (χ3n) is 1.44. The van der Waals surface area contributed by atoms with Crippen molar-refractivity contribution in [3.05, 3.63) is 34.4 Å². The third kappa shape index (κ3) is 2.33. The molecule has 2 rings (SSSR count). The van der Waals surface area contributed by atoms with Crippen LogP contribution in [0.5, 0.6) is 0 Å². The van der Waals surface area contributed by atoms with Gasteiger partial charge in [-0.05, 0) is 33.4 Å². The van der Waals surface area contributed by atoms with E-state index in [1.54, 1.807) is 6.07 Å². The van der Waals surface area contributed by atoms with Gasteiger partial charge in [-0.25, -0.2) is 0 Å². The number of rotatable bonds is 1. The molecule has 0 fully saturated rings. The van der Waals surface area contributed by atoms with Gasteiger partial charge in [0.2, 0.25) is 0 Å². The Bertz CT molecular complexity index is 415. The Kier molecular flexibility index (Phi) is 3.96. The molecule has 0 aliphatic rings. The van der Waals surface area contributed by atoms with Crippen molar-refractivity contribution in [2.45, 2.75) is 0 Å². The van der Waals surface area contributed by atoms with Crippen LogP contribution in [-0.4, -0.2) is 9.91 Å². The summed E-state index contributed by atoms with van der Waals surface area (Å²) in [7, 11) is 0. The van der Waals surface area contributed by atoms with Crippen LogP contribution in [0.4, 0.5) is 5.13 Å². The second-order valence-electron chi connectivity index (χ2n) is 2.22. The van der Waals surface area contributed by atoms with Crippen molar-refractivity contribution in [3.63, 3.8) is 0 Å². The molecule has 0 atom stereocenters. The summed E-state index contributed by atoms with van der Waals surface area (Å²) in [5.41, 5.74) is 0.689. The van der Waals surface area contributed by atoms with Gasteiger partial charge in [-0.3, -0.25) is 0 Å². The molecule has 1 aromatic heterocycles. The molecule has 4 nitrogen and oxygen atoms in total. The van der Waals surface area contributed by atoms with Crippen molar-refractivity contribution >= 4 is 26.7 Å². The maximum absolute atomic E-state index is 10.3. The van der Waals surface area contributed by atoms with Crippen molar-refractivity contribution in [2.24, 2.45) is 0 Å². The third-order valence-corrected chi connectivity index (χ3v) is 2.43. The molecule has 0 N–H and O–H groups in total. The fourth-order valence-electron chi connectivity index (χ4n) is 0.938. The molecule has 6 heteroatoms. The summed E-state index contributed by atoms with van der Waals surface area (Å²) < 4.78 is 0.851. The molecule has 0 aliphatic heterocycles. The Morgan fingerprint density at radius 2 is 2.15 bits per heavy atom. The topological polar surface area (TPSA) is 56.0 Å². The summed E-state index contributed by atoms with van der Waals surface area (Å²) in [5, 5.41) is 10.3. The van der Waals surface area contributed by atoms with Crippen LogP contribution in [0.2, 0.25) is 0 Å². The maximum Gasteiger partial charge on any atom is 1.00 e. The van der Waals surface area contributed by atoms with E-state index in [1.807, 2.05) is 18.2 Å². The van der Waals surface area contributed by atoms with E-state index < -0.39 is 4.92 Å². The van der Waals surface area contributed by atoms with Crippen LogP contribution < -0.4 is 51.4 Å². The van der Waals surface area contributed by atoms with Crippen LogP contribution in [0, 0.1) is 10.1 Å². The van der Waals surface area contributed by atoms with Gasteiger partial charge in [-0.2, -0.15) is 0 Å². The standard InChI is InChI=1S/C7H4N2O2S.K.H/c10-9(11)7-8-5-3-1-2-4-6(5)12-7;;/h1-4H;;/q;+1;-1. The van der Waals surface area contributed by atoms with E-state index in [2.05, 4.69) is 4.98 Å². The Hall–Kier alpha value is 0.146. The van der Waals surface area contributed by atoms with Crippen molar-refractivity contribution in [1.29, 1.82) is 0 Å². The normalized spacial score (nSPS) is 9.54. The van der Waals surface area contributed by atoms with Crippen LogP contribution in [0.3, 0.4) is 0 Å². The first-order valence-electron chi connectivity index (χ1n) is 3.27. The molecular formula is C7H5KN2O2S. The van der Waals surface area contributed by atoms with Crippen LogP contribution in [0.1, 0.15) is 1.43 Å². The molecule has 62 valence electrons. The molecule has 0 saturated heterocycles. The Morgan fingerprint density at radius 3 is 2.77 bits per heavy atom. The zero-order valence-electron chi connectivity index (χ0n) is 7.93. The molecule has 0 amide bonds. The van der Waals surface area contributed by atoms with E-state index in [4.69, 9.17) is 0 Å². The molecule has 1 aromatic carbocycles. The minimum absolute atomic E-state index is 0. The number of hydrogen-bond donors (Lipinski definition) is 0. The monoisotopic (exact) mass is 220 g/mol. The van der Waals surface area contributed by atoms with Gasteiger partial charge in [0.1, 0.15) is 0 Å². The first-order chi connectivity index (χ1) is 5.77. The van der Waals surface area contributed by atoms with Gasteiger partial charge < -0.3 is 11.5 Å². The van der Waals surface area contributed by atoms with Gasteiger partial charge in [0.15, 0.2) is 5.52 Å². The van der Waals surface area contributed by atoms with Gasteiger partial charge in [0.25, 0.3) is 0 Å². The molecule has 0 aliphatic carbocycles. The Morgan fingerprint density at radius 1 is 1.46 bits per heavy atom. The number of benzene rings is 1. The maximum atomic E-state index is 10.3. The number of hydrogen-bond acceptors (Lipinski definition) is 4. The molecule has 0 bridgehead atoms. The summed E-state index contributed by atoms with van der Waals surface area (Å²) in [6.07, 6.45) is 0. The summed E-state index contributed by atoms with van der Waals surface area (Å²) >= 11 is 1.10. The average molecular weight is 220 g/mol. The predicted octanol–water partition coefficient (Wildman–Crippen LogP) is -0.679. The van der Waals surface area contributed by atoms with E-state index in [0.29, 0.717) is 5.52 Å². The van der Waals surface area contributed by atoms with E-state index in [0.717, 1.165) is 16.0 Å². The number of fused-ring (bicyclic) bond motifs is 1. The molecule has 0 spiro atoms. The van der Waals surface area contributed by atoms with Gasteiger partial charge in [-0.1, -0.05) is 12.1 Å². The molecule has 0 radical (unpaired) electrons. The minimum atomic E-state index is -0.468. The molecular weight excluding hydrogens is 215 g/mol. The van der Waals surface area contributed by atoms with E-state index in [-0.39, 0.29) is 57.9 Å². The average Bonchev–Trinajstić information content (AvgIpc) is 2.46. The first kappa shape index (κ1) is 11.2. The zero-order valence-corrected chi connectivity index (χ0v) is 10.9. The molecule has 1 heterocycles.